The smallest absolute Gasteiger partial charge is 0.227 e. The molecule has 0 spiro atoms. The van der Waals surface area contributed by atoms with Crippen LogP contribution in [-0.2, 0) is 9.84 Å². The molecule has 160 valence electrons. The summed E-state index contributed by atoms with van der Waals surface area (Å²) in [5.41, 5.74) is 9.09. The van der Waals surface area contributed by atoms with Crippen molar-refractivity contribution in [2.45, 2.75) is 23.0 Å². The summed E-state index contributed by atoms with van der Waals surface area (Å²) in [6.07, 6.45) is 8.59. The lowest BCUT2D eigenvalue weighted by atomic mass is 10.1. The molecule has 4 rings (SSSR count). The number of hydrogen-bond donors (Lipinski definition) is 3. The van der Waals surface area contributed by atoms with Crippen LogP contribution >= 0.6 is 0 Å². The SMILES string of the molecule is Nc1cccc(/C=C/c2cnc(Nc3ccc(S(=O)(=O)C4CCNCC4)cc3)nc2)c1. The quantitative estimate of drug-likeness (QED) is 0.508. The van der Waals surface area contributed by atoms with Gasteiger partial charge < -0.3 is 16.4 Å². The van der Waals surface area contributed by atoms with Crippen LogP contribution in [0.5, 0.6) is 0 Å². The van der Waals surface area contributed by atoms with Crippen molar-refractivity contribution in [1.82, 2.24) is 15.3 Å². The Kier molecular flexibility index (Phi) is 6.29. The number of piperidine rings is 1. The highest BCUT2D eigenvalue weighted by atomic mass is 32.2. The third kappa shape index (κ3) is 5.28. The van der Waals surface area contributed by atoms with Crippen molar-refractivity contribution < 1.29 is 8.42 Å². The van der Waals surface area contributed by atoms with Gasteiger partial charge in [0.25, 0.3) is 0 Å². The molecule has 1 saturated heterocycles. The van der Waals surface area contributed by atoms with Gasteiger partial charge in [-0.2, -0.15) is 0 Å². The van der Waals surface area contributed by atoms with Gasteiger partial charge in [-0.05, 0) is 67.9 Å². The van der Waals surface area contributed by atoms with E-state index in [2.05, 4.69) is 20.6 Å². The van der Waals surface area contributed by atoms with E-state index < -0.39 is 9.84 Å². The Morgan fingerprint density at radius 1 is 0.968 bits per heavy atom. The molecule has 2 heterocycles. The number of aromatic nitrogens is 2. The van der Waals surface area contributed by atoms with Crippen LogP contribution in [0, 0.1) is 0 Å². The number of hydrogen-bond acceptors (Lipinski definition) is 7. The van der Waals surface area contributed by atoms with Gasteiger partial charge in [-0.15, -0.1) is 0 Å². The van der Waals surface area contributed by atoms with Gasteiger partial charge in [0, 0.05) is 29.3 Å². The molecule has 0 amide bonds. The summed E-state index contributed by atoms with van der Waals surface area (Å²) in [4.78, 5) is 9.00. The highest BCUT2D eigenvalue weighted by Crippen LogP contribution is 2.24. The van der Waals surface area contributed by atoms with Gasteiger partial charge in [0.15, 0.2) is 9.84 Å². The maximum absolute atomic E-state index is 12.8. The van der Waals surface area contributed by atoms with Crippen LogP contribution in [0.4, 0.5) is 17.3 Å². The Balaban J connectivity index is 1.40. The van der Waals surface area contributed by atoms with Crippen molar-refractivity contribution in [3.05, 3.63) is 72.1 Å². The Labute approximate surface area is 182 Å². The minimum Gasteiger partial charge on any atom is -0.399 e. The first kappa shape index (κ1) is 21.0. The van der Waals surface area contributed by atoms with Crippen LogP contribution in [0.15, 0.2) is 65.8 Å². The molecule has 7 nitrogen and oxygen atoms in total. The van der Waals surface area contributed by atoms with Crippen molar-refractivity contribution in [3.8, 4) is 0 Å². The van der Waals surface area contributed by atoms with Gasteiger partial charge in [0.05, 0.1) is 10.1 Å². The van der Waals surface area contributed by atoms with Crippen molar-refractivity contribution in [2.24, 2.45) is 0 Å². The molecule has 0 bridgehead atoms. The molecule has 3 aromatic rings. The van der Waals surface area contributed by atoms with E-state index in [1.807, 2.05) is 36.4 Å². The topological polar surface area (TPSA) is 110 Å². The van der Waals surface area contributed by atoms with Crippen molar-refractivity contribution >= 4 is 39.3 Å². The highest BCUT2D eigenvalue weighted by Gasteiger charge is 2.28. The third-order valence-electron chi connectivity index (χ3n) is 5.21. The van der Waals surface area contributed by atoms with Crippen molar-refractivity contribution in [1.29, 1.82) is 0 Å². The summed E-state index contributed by atoms with van der Waals surface area (Å²) in [5, 5.41) is 5.99. The largest absolute Gasteiger partial charge is 0.399 e. The van der Waals surface area contributed by atoms with E-state index in [9.17, 15) is 8.42 Å². The molecule has 1 aliphatic heterocycles. The van der Waals surface area contributed by atoms with Crippen LogP contribution in [0.25, 0.3) is 12.2 Å². The molecule has 0 radical (unpaired) electrons. The number of nitrogens with two attached hydrogens (primary N) is 1. The molecule has 8 heteroatoms. The van der Waals surface area contributed by atoms with Crippen LogP contribution in [-0.4, -0.2) is 36.7 Å². The Hall–Kier alpha value is -3.23. The van der Waals surface area contributed by atoms with Crippen LogP contribution in [0.1, 0.15) is 24.0 Å². The van der Waals surface area contributed by atoms with Gasteiger partial charge >= 0.3 is 0 Å². The molecule has 0 unspecified atom stereocenters. The summed E-state index contributed by atoms with van der Waals surface area (Å²) in [6, 6.07) is 14.4. The fourth-order valence-electron chi connectivity index (χ4n) is 3.50. The van der Waals surface area contributed by atoms with Gasteiger partial charge in [-0.1, -0.05) is 24.3 Å². The predicted molar refractivity (Wildman–Crippen MR) is 125 cm³/mol. The zero-order chi connectivity index (χ0) is 21.7. The van der Waals surface area contributed by atoms with E-state index in [0.29, 0.717) is 29.4 Å². The van der Waals surface area contributed by atoms with Gasteiger partial charge in [0.2, 0.25) is 5.95 Å². The number of sulfone groups is 1. The maximum atomic E-state index is 12.8. The van der Waals surface area contributed by atoms with Crippen LogP contribution in [0.2, 0.25) is 0 Å². The third-order valence-corrected chi connectivity index (χ3v) is 7.49. The van der Waals surface area contributed by atoms with Crippen LogP contribution < -0.4 is 16.4 Å². The Morgan fingerprint density at radius 2 is 1.65 bits per heavy atom. The lowest BCUT2D eigenvalue weighted by Crippen LogP contribution is -2.35. The minimum atomic E-state index is -3.30. The maximum Gasteiger partial charge on any atom is 0.227 e. The first-order chi connectivity index (χ1) is 15.0. The standard InChI is InChI=1S/C23H25N5O2S/c24-19-3-1-2-17(14-19)4-5-18-15-26-23(27-16-18)28-20-6-8-21(9-7-20)31(29,30)22-10-12-25-13-11-22/h1-9,14-16,22,25H,10-13,24H2,(H,26,27,28)/b5-4+. The summed E-state index contributed by atoms with van der Waals surface area (Å²) in [6.45, 7) is 1.48. The van der Waals surface area contributed by atoms with Gasteiger partial charge in [0.1, 0.15) is 0 Å². The summed E-state index contributed by atoms with van der Waals surface area (Å²) in [7, 11) is -3.30. The number of nitrogen functional groups attached to an aromatic ring is 1. The zero-order valence-electron chi connectivity index (χ0n) is 17.0. The molecule has 1 fully saturated rings. The first-order valence-electron chi connectivity index (χ1n) is 10.2. The highest BCUT2D eigenvalue weighted by molar-refractivity contribution is 7.92. The Morgan fingerprint density at radius 3 is 2.32 bits per heavy atom. The average molecular weight is 436 g/mol. The molecular weight excluding hydrogens is 410 g/mol. The normalized spacial score (nSPS) is 15.2. The summed E-state index contributed by atoms with van der Waals surface area (Å²) < 4.78 is 25.6. The van der Waals surface area contributed by atoms with Gasteiger partial charge in [-0.25, -0.2) is 18.4 Å². The number of anilines is 3. The molecular formula is C23H25N5O2S. The summed E-state index contributed by atoms with van der Waals surface area (Å²) in [5.74, 6) is 0.440. The van der Waals surface area contributed by atoms with Gasteiger partial charge in [-0.3, -0.25) is 0 Å². The van der Waals surface area contributed by atoms with Crippen molar-refractivity contribution in [2.75, 3.05) is 24.1 Å². The van der Waals surface area contributed by atoms with Crippen molar-refractivity contribution in [3.63, 3.8) is 0 Å². The number of nitrogens with one attached hydrogen (secondary N) is 2. The van der Waals surface area contributed by atoms with E-state index in [1.165, 1.54) is 0 Å². The molecule has 1 aliphatic rings. The van der Waals surface area contributed by atoms with Crippen LogP contribution in [0.3, 0.4) is 0 Å². The second-order valence-corrected chi connectivity index (χ2v) is 9.72. The lowest BCUT2D eigenvalue weighted by molar-refractivity contribution is 0.496. The zero-order valence-corrected chi connectivity index (χ0v) is 17.8. The molecule has 31 heavy (non-hydrogen) atoms. The number of nitrogens with zero attached hydrogens (tertiary/aromatic N) is 2. The lowest BCUT2D eigenvalue weighted by Gasteiger charge is -2.22. The predicted octanol–water partition coefficient (Wildman–Crippen LogP) is 3.50. The van der Waals surface area contributed by atoms with E-state index in [1.54, 1.807) is 36.7 Å². The number of benzene rings is 2. The monoisotopic (exact) mass is 435 g/mol. The molecule has 1 aromatic heterocycles. The molecule has 4 N–H and O–H groups in total. The fourth-order valence-corrected chi connectivity index (χ4v) is 5.26. The average Bonchev–Trinajstić information content (AvgIpc) is 2.80. The number of rotatable bonds is 6. The molecule has 0 atom stereocenters. The fraction of sp³-hybridized carbons (Fsp3) is 0.217. The van der Waals surface area contributed by atoms with E-state index in [-0.39, 0.29) is 5.25 Å². The molecule has 0 aliphatic carbocycles. The summed E-state index contributed by atoms with van der Waals surface area (Å²) >= 11 is 0. The second-order valence-electron chi connectivity index (χ2n) is 7.49. The van der Waals surface area contributed by atoms with E-state index >= 15 is 0 Å². The second kappa shape index (κ2) is 9.28. The van der Waals surface area contributed by atoms with E-state index in [0.717, 1.165) is 29.9 Å². The minimum absolute atomic E-state index is 0.316. The Bertz CT molecular complexity index is 1150. The van der Waals surface area contributed by atoms with E-state index in [4.69, 9.17) is 5.73 Å². The first-order valence-corrected chi connectivity index (χ1v) is 11.7. The molecule has 0 saturated carbocycles. The molecule has 2 aromatic carbocycles.